The molecule has 0 saturated carbocycles. The van der Waals surface area contributed by atoms with E-state index in [0.29, 0.717) is 10.8 Å². The van der Waals surface area contributed by atoms with E-state index in [1.54, 1.807) is 18.2 Å². The molecule has 5 nitrogen and oxygen atoms in total. The number of benzene rings is 1. The molecule has 0 aliphatic rings. The van der Waals surface area contributed by atoms with Gasteiger partial charge >= 0.3 is 5.97 Å². The minimum absolute atomic E-state index is 0.0597. The van der Waals surface area contributed by atoms with Gasteiger partial charge in [0.25, 0.3) is 5.91 Å². The Morgan fingerprint density at radius 2 is 2.05 bits per heavy atom. The number of rotatable bonds is 7. The van der Waals surface area contributed by atoms with Crippen LogP contribution in [0.15, 0.2) is 18.2 Å². The maximum atomic E-state index is 11.5. The first-order valence-corrected chi connectivity index (χ1v) is 7.14. The summed E-state index contributed by atoms with van der Waals surface area (Å²) in [5, 5.41) is 3.33. The molecule has 0 aromatic heterocycles. The molecule has 1 atom stereocenters. The molecule has 0 fully saturated rings. The highest BCUT2D eigenvalue weighted by atomic mass is 35.5. The van der Waals surface area contributed by atoms with Gasteiger partial charge in [0.05, 0.1) is 0 Å². The fourth-order valence-electron chi connectivity index (χ4n) is 1.46. The SMILES string of the molecule is CC[C@H](C)NC(=O)COC(=O)COc1ccc(Cl)c(C)c1. The molecule has 0 bridgehead atoms. The third kappa shape index (κ3) is 6.49. The van der Waals surface area contributed by atoms with Crippen LogP contribution in [0, 0.1) is 6.92 Å². The van der Waals surface area contributed by atoms with E-state index >= 15 is 0 Å². The van der Waals surface area contributed by atoms with Gasteiger partial charge in [0.15, 0.2) is 13.2 Å². The first-order valence-electron chi connectivity index (χ1n) is 6.76. The molecule has 0 spiro atoms. The summed E-state index contributed by atoms with van der Waals surface area (Å²) in [6.45, 7) is 5.13. The zero-order valence-corrected chi connectivity index (χ0v) is 13.2. The van der Waals surface area contributed by atoms with Crippen LogP contribution in [0.25, 0.3) is 0 Å². The van der Waals surface area contributed by atoms with Crippen LogP contribution in [0.2, 0.25) is 5.02 Å². The van der Waals surface area contributed by atoms with E-state index < -0.39 is 5.97 Å². The number of amides is 1. The van der Waals surface area contributed by atoms with E-state index in [0.717, 1.165) is 12.0 Å². The van der Waals surface area contributed by atoms with E-state index in [-0.39, 0.29) is 25.2 Å². The minimum Gasteiger partial charge on any atom is -0.482 e. The number of carbonyl (C=O) groups excluding carboxylic acids is 2. The minimum atomic E-state index is -0.595. The van der Waals surface area contributed by atoms with Crippen molar-refractivity contribution in [1.29, 1.82) is 0 Å². The molecule has 21 heavy (non-hydrogen) atoms. The zero-order valence-electron chi connectivity index (χ0n) is 12.4. The maximum Gasteiger partial charge on any atom is 0.344 e. The van der Waals surface area contributed by atoms with Crippen LogP contribution in [0.4, 0.5) is 0 Å². The van der Waals surface area contributed by atoms with Crippen molar-refractivity contribution in [2.24, 2.45) is 0 Å². The summed E-state index contributed by atoms with van der Waals surface area (Å²) in [6, 6.07) is 5.14. The number of ether oxygens (including phenoxy) is 2. The molecule has 1 aromatic carbocycles. The Labute approximate surface area is 129 Å². The van der Waals surface area contributed by atoms with Crippen molar-refractivity contribution in [3.8, 4) is 5.75 Å². The number of esters is 1. The molecule has 0 heterocycles. The molecule has 1 aromatic rings. The second-order valence-corrected chi connectivity index (χ2v) is 5.14. The van der Waals surface area contributed by atoms with Crippen LogP contribution in [-0.4, -0.2) is 31.1 Å². The Kier molecular flexibility index (Phi) is 7.02. The molecule has 0 radical (unpaired) electrons. The molecular formula is C15H20ClNO4. The third-order valence-electron chi connectivity index (χ3n) is 2.87. The Morgan fingerprint density at radius 1 is 1.33 bits per heavy atom. The van der Waals surface area contributed by atoms with Gasteiger partial charge in [-0.1, -0.05) is 18.5 Å². The summed E-state index contributed by atoms with van der Waals surface area (Å²) in [4.78, 5) is 22.9. The Bertz CT molecular complexity index is 504. The average Bonchev–Trinajstić information content (AvgIpc) is 2.46. The topological polar surface area (TPSA) is 64.6 Å². The van der Waals surface area contributed by atoms with Gasteiger partial charge < -0.3 is 14.8 Å². The van der Waals surface area contributed by atoms with Gasteiger partial charge in [0.1, 0.15) is 5.75 Å². The lowest BCUT2D eigenvalue weighted by Gasteiger charge is -2.11. The summed E-state index contributed by atoms with van der Waals surface area (Å²) >= 11 is 5.89. The lowest BCUT2D eigenvalue weighted by Crippen LogP contribution is -2.35. The molecule has 0 saturated heterocycles. The average molecular weight is 314 g/mol. The second kappa shape index (κ2) is 8.52. The highest BCUT2D eigenvalue weighted by molar-refractivity contribution is 6.31. The molecule has 6 heteroatoms. The molecular weight excluding hydrogens is 294 g/mol. The normalized spacial score (nSPS) is 11.6. The number of halogens is 1. The van der Waals surface area contributed by atoms with Crippen molar-refractivity contribution in [3.63, 3.8) is 0 Å². The van der Waals surface area contributed by atoms with Crippen LogP contribution in [0.5, 0.6) is 5.75 Å². The Morgan fingerprint density at radius 3 is 2.67 bits per heavy atom. The van der Waals surface area contributed by atoms with E-state index in [1.807, 2.05) is 20.8 Å². The van der Waals surface area contributed by atoms with Crippen LogP contribution < -0.4 is 10.1 Å². The van der Waals surface area contributed by atoms with E-state index in [2.05, 4.69) is 5.32 Å². The number of aryl methyl sites for hydroxylation is 1. The fraction of sp³-hybridized carbons (Fsp3) is 0.467. The van der Waals surface area contributed by atoms with Gasteiger partial charge in [-0.05, 0) is 44.0 Å². The predicted molar refractivity (Wildman–Crippen MR) is 80.5 cm³/mol. The van der Waals surface area contributed by atoms with Crippen LogP contribution in [-0.2, 0) is 14.3 Å². The molecule has 0 unspecified atom stereocenters. The van der Waals surface area contributed by atoms with Gasteiger partial charge in [0.2, 0.25) is 0 Å². The maximum absolute atomic E-state index is 11.5. The summed E-state index contributed by atoms with van der Waals surface area (Å²) < 4.78 is 10.1. The molecule has 116 valence electrons. The van der Waals surface area contributed by atoms with Crippen LogP contribution in [0.3, 0.4) is 0 Å². The Balaban J connectivity index is 2.31. The van der Waals surface area contributed by atoms with Crippen molar-refractivity contribution in [2.45, 2.75) is 33.2 Å². The summed E-state index contributed by atoms with van der Waals surface area (Å²) in [5.41, 5.74) is 0.857. The van der Waals surface area contributed by atoms with Crippen molar-refractivity contribution in [1.82, 2.24) is 5.32 Å². The highest BCUT2D eigenvalue weighted by Gasteiger charge is 2.10. The van der Waals surface area contributed by atoms with Gasteiger partial charge in [0, 0.05) is 11.1 Å². The fourth-order valence-corrected chi connectivity index (χ4v) is 1.57. The lowest BCUT2D eigenvalue weighted by molar-refractivity contribution is -0.150. The highest BCUT2D eigenvalue weighted by Crippen LogP contribution is 2.20. The van der Waals surface area contributed by atoms with Gasteiger partial charge in [-0.3, -0.25) is 4.79 Å². The Hall–Kier alpha value is -1.75. The summed E-state index contributed by atoms with van der Waals surface area (Å²) in [7, 11) is 0. The predicted octanol–water partition coefficient (Wildman–Crippen LogP) is 2.49. The van der Waals surface area contributed by atoms with Crippen molar-refractivity contribution in [2.75, 3.05) is 13.2 Å². The van der Waals surface area contributed by atoms with Crippen LogP contribution in [0.1, 0.15) is 25.8 Å². The number of hydrogen-bond donors (Lipinski definition) is 1. The van der Waals surface area contributed by atoms with Crippen molar-refractivity contribution < 1.29 is 19.1 Å². The molecule has 0 aliphatic carbocycles. The largest absolute Gasteiger partial charge is 0.482 e. The molecule has 1 N–H and O–H groups in total. The molecule has 0 aliphatic heterocycles. The second-order valence-electron chi connectivity index (χ2n) is 4.74. The number of carbonyl (C=O) groups is 2. The third-order valence-corrected chi connectivity index (χ3v) is 3.29. The van der Waals surface area contributed by atoms with Gasteiger partial charge in [-0.15, -0.1) is 0 Å². The first-order chi connectivity index (χ1) is 9.92. The van der Waals surface area contributed by atoms with Gasteiger partial charge in [-0.2, -0.15) is 0 Å². The van der Waals surface area contributed by atoms with Crippen molar-refractivity contribution in [3.05, 3.63) is 28.8 Å². The van der Waals surface area contributed by atoms with E-state index in [4.69, 9.17) is 21.1 Å². The van der Waals surface area contributed by atoms with Crippen LogP contribution >= 0.6 is 11.6 Å². The monoisotopic (exact) mass is 313 g/mol. The van der Waals surface area contributed by atoms with E-state index in [9.17, 15) is 9.59 Å². The molecule has 1 rings (SSSR count). The number of nitrogens with one attached hydrogen (secondary N) is 1. The zero-order chi connectivity index (χ0) is 15.8. The summed E-state index contributed by atoms with van der Waals surface area (Å²) in [5.74, 6) is -0.389. The van der Waals surface area contributed by atoms with Crippen molar-refractivity contribution >= 4 is 23.5 Å². The summed E-state index contributed by atoms with van der Waals surface area (Å²) in [6.07, 6.45) is 0.818. The number of hydrogen-bond acceptors (Lipinski definition) is 4. The first kappa shape index (κ1) is 17.3. The van der Waals surface area contributed by atoms with Gasteiger partial charge in [-0.25, -0.2) is 4.79 Å². The lowest BCUT2D eigenvalue weighted by atomic mass is 10.2. The standard InChI is InChI=1S/C15H20ClNO4/c1-4-11(3)17-14(18)8-21-15(19)9-20-12-5-6-13(16)10(2)7-12/h5-7,11H,4,8-9H2,1-3H3,(H,17,18)/t11-/m0/s1. The van der Waals surface area contributed by atoms with E-state index in [1.165, 1.54) is 0 Å². The smallest absolute Gasteiger partial charge is 0.344 e. The molecule has 1 amide bonds. The quantitative estimate of drug-likeness (QED) is 0.785.